The lowest BCUT2D eigenvalue weighted by Crippen LogP contribution is -2.10. The summed E-state index contributed by atoms with van der Waals surface area (Å²) in [6.07, 6.45) is 8.04. The number of rotatable bonds is 5. The van der Waals surface area contributed by atoms with Gasteiger partial charge in [-0.05, 0) is 24.3 Å². The van der Waals surface area contributed by atoms with Gasteiger partial charge in [0.25, 0.3) is 5.92 Å². The van der Waals surface area contributed by atoms with Gasteiger partial charge in [-0.1, -0.05) is 6.92 Å². The summed E-state index contributed by atoms with van der Waals surface area (Å²) in [5.74, 6) is -2.67. The van der Waals surface area contributed by atoms with Crippen LogP contribution >= 0.6 is 0 Å². The van der Waals surface area contributed by atoms with Crippen LogP contribution < -0.4 is 5.73 Å². The van der Waals surface area contributed by atoms with Crippen molar-refractivity contribution in [3.63, 3.8) is 0 Å². The molecule has 3 heterocycles. The van der Waals surface area contributed by atoms with Crippen LogP contribution in [0.2, 0.25) is 0 Å². The monoisotopic (exact) mass is 392 g/mol. The Hall–Kier alpha value is -3.60. The largest absolute Gasteiger partial charge is 0.404 e. The van der Waals surface area contributed by atoms with Crippen molar-refractivity contribution < 1.29 is 8.78 Å². The zero-order valence-electron chi connectivity index (χ0n) is 15.7. The average molecular weight is 392 g/mol. The van der Waals surface area contributed by atoms with Gasteiger partial charge in [-0.3, -0.25) is 4.99 Å². The van der Waals surface area contributed by atoms with Crippen molar-refractivity contribution in [3.8, 4) is 17.3 Å². The zero-order valence-corrected chi connectivity index (χ0v) is 15.7. The highest BCUT2D eigenvalue weighted by Crippen LogP contribution is 2.60. The molecule has 0 aromatic carbocycles. The molecule has 0 spiro atoms. The minimum absolute atomic E-state index is 0.0103. The zero-order chi connectivity index (χ0) is 20.6. The fourth-order valence-corrected chi connectivity index (χ4v) is 3.20. The molecule has 0 radical (unpaired) electrons. The van der Waals surface area contributed by atoms with Crippen molar-refractivity contribution in [3.05, 3.63) is 60.3 Å². The number of halogens is 2. The Kier molecular flexibility index (Phi) is 4.38. The first-order valence-corrected chi connectivity index (χ1v) is 9.01. The van der Waals surface area contributed by atoms with Crippen LogP contribution in [0.3, 0.4) is 0 Å². The summed E-state index contributed by atoms with van der Waals surface area (Å²) in [6.45, 7) is 1.53. The van der Waals surface area contributed by atoms with Gasteiger partial charge in [0.1, 0.15) is 17.4 Å². The average Bonchev–Trinajstić information content (AvgIpc) is 3.04. The molecule has 1 saturated carbocycles. The van der Waals surface area contributed by atoms with Crippen LogP contribution in [0.1, 0.15) is 24.6 Å². The number of aliphatic imine (C=N–C) groups is 1. The van der Waals surface area contributed by atoms with Crippen molar-refractivity contribution in [2.45, 2.75) is 19.3 Å². The maximum Gasteiger partial charge on any atom is 0.256 e. The lowest BCUT2D eigenvalue weighted by molar-refractivity contribution is 0.0731. The standard InChI is InChI=1S/C21H18F2N6/c1-20(12-21(20,22)23)13-26-11-15(9-24)17-3-2-16(10-25)28-19(17)14-4-6-29-7-5-27-18(29)8-14/h2-9,11H,12-13,24H2,1H3. The fourth-order valence-electron chi connectivity index (χ4n) is 3.20. The maximum absolute atomic E-state index is 13.4. The molecule has 4 rings (SSSR count). The van der Waals surface area contributed by atoms with Crippen LogP contribution in [0.4, 0.5) is 8.78 Å². The topological polar surface area (TPSA) is 92.4 Å². The molecule has 8 heteroatoms. The third-order valence-electron chi connectivity index (χ3n) is 5.21. The molecule has 0 saturated heterocycles. The second-order valence-electron chi connectivity index (χ2n) is 7.35. The molecule has 0 bridgehead atoms. The van der Waals surface area contributed by atoms with Gasteiger partial charge in [0.05, 0.1) is 17.7 Å². The molecular weight excluding hydrogens is 374 g/mol. The molecule has 3 aromatic rings. The van der Waals surface area contributed by atoms with Gasteiger partial charge in [-0.2, -0.15) is 5.26 Å². The van der Waals surface area contributed by atoms with E-state index >= 15 is 0 Å². The number of pyridine rings is 2. The van der Waals surface area contributed by atoms with Crippen LogP contribution in [-0.2, 0) is 0 Å². The molecular formula is C21H18F2N6. The number of aromatic nitrogens is 3. The molecule has 3 aromatic heterocycles. The highest BCUT2D eigenvalue weighted by Gasteiger charge is 2.67. The van der Waals surface area contributed by atoms with Crippen LogP contribution in [-0.4, -0.2) is 33.1 Å². The summed E-state index contributed by atoms with van der Waals surface area (Å²) in [5.41, 5.74) is 8.18. The van der Waals surface area contributed by atoms with Crippen LogP contribution in [0.15, 0.2) is 54.0 Å². The summed E-state index contributed by atoms with van der Waals surface area (Å²) in [7, 11) is 0. The van der Waals surface area contributed by atoms with Crippen LogP contribution in [0.5, 0.6) is 0 Å². The van der Waals surface area contributed by atoms with E-state index in [1.165, 1.54) is 19.3 Å². The number of hydrogen-bond donors (Lipinski definition) is 1. The van der Waals surface area contributed by atoms with Crippen molar-refractivity contribution in [1.82, 2.24) is 14.4 Å². The Morgan fingerprint density at radius 1 is 1.38 bits per heavy atom. The molecule has 1 unspecified atom stereocenters. The van der Waals surface area contributed by atoms with E-state index in [0.717, 1.165) is 11.2 Å². The van der Waals surface area contributed by atoms with Gasteiger partial charge in [-0.25, -0.2) is 18.7 Å². The van der Waals surface area contributed by atoms with E-state index in [1.54, 1.807) is 18.3 Å². The first kappa shape index (κ1) is 18.7. The number of hydrogen-bond acceptors (Lipinski definition) is 5. The van der Waals surface area contributed by atoms with E-state index < -0.39 is 11.3 Å². The Morgan fingerprint density at radius 2 is 2.17 bits per heavy atom. The van der Waals surface area contributed by atoms with E-state index in [4.69, 9.17) is 5.73 Å². The third-order valence-corrected chi connectivity index (χ3v) is 5.21. The van der Waals surface area contributed by atoms with Crippen LogP contribution in [0, 0.1) is 16.7 Å². The second kappa shape index (κ2) is 6.78. The number of fused-ring (bicyclic) bond motifs is 1. The summed E-state index contributed by atoms with van der Waals surface area (Å²) < 4.78 is 28.7. The molecule has 146 valence electrons. The van der Waals surface area contributed by atoms with Gasteiger partial charge >= 0.3 is 0 Å². The predicted molar refractivity (Wildman–Crippen MR) is 106 cm³/mol. The normalized spacial score (nSPS) is 20.8. The quantitative estimate of drug-likeness (QED) is 0.671. The number of alkyl halides is 2. The minimum atomic E-state index is -2.67. The van der Waals surface area contributed by atoms with Crippen molar-refractivity contribution in [2.75, 3.05) is 6.54 Å². The van der Waals surface area contributed by atoms with E-state index in [2.05, 4.69) is 15.0 Å². The smallest absolute Gasteiger partial charge is 0.256 e. The molecule has 1 fully saturated rings. The van der Waals surface area contributed by atoms with Crippen molar-refractivity contribution in [1.29, 1.82) is 5.26 Å². The SMILES string of the molecule is CC1(CN=CC(=CN)c2ccc(C#N)nc2-c2ccn3ccnc3c2)CC1(F)F. The van der Waals surface area contributed by atoms with Crippen LogP contribution in [0.25, 0.3) is 22.5 Å². The van der Waals surface area contributed by atoms with Gasteiger partial charge in [0, 0.05) is 54.1 Å². The summed E-state index contributed by atoms with van der Waals surface area (Å²) in [4.78, 5) is 12.9. The van der Waals surface area contributed by atoms with Gasteiger partial charge < -0.3 is 10.1 Å². The highest BCUT2D eigenvalue weighted by molar-refractivity contribution is 6.11. The van der Waals surface area contributed by atoms with Crippen molar-refractivity contribution in [2.24, 2.45) is 16.1 Å². The first-order chi connectivity index (χ1) is 13.9. The number of nitrogens with two attached hydrogens (primary N) is 1. The molecule has 29 heavy (non-hydrogen) atoms. The Balaban J connectivity index is 1.71. The number of allylic oxidation sites excluding steroid dienone is 1. The summed E-state index contributed by atoms with van der Waals surface area (Å²) >= 11 is 0. The number of imidazole rings is 1. The summed E-state index contributed by atoms with van der Waals surface area (Å²) in [6, 6.07) is 9.06. The third kappa shape index (κ3) is 3.36. The molecule has 1 aliphatic carbocycles. The maximum atomic E-state index is 13.4. The molecule has 6 nitrogen and oxygen atoms in total. The Labute approximate surface area is 166 Å². The van der Waals surface area contributed by atoms with Gasteiger partial charge in [-0.15, -0.1) is 0 Å². The number of nitrogens with zero attached hydrogens (tertiary/aromatic N) is 5. The molecule has 0 amide bonds. The first-order valence-electron chi connectivity index (χ1n) is 9.01. The lowest BCUT2D eigenvalue weighted by atomic mass is 10.0. The Morgan fingerprint density at radius 3 is 2.86 bits per heavy atom. The summed E-state index contributed by atoms with van der Waals surface area (Å²) in [5, 5.41) is 9.26. The lowest BCUT2D eigenvalue weighted by Gasteiger charge is -2.11. The molecule has 2 N–H and O–H groups in total. The van der Waals surface area contributed by atoms with Gasteiger partial charge in [0.15, 0.2) is 0 Å². The second-order valence-corrected chi connectivity index (χ2v) is 7.35. The fraction of sp³-hybridized carbons (Fsp3) is 0.238. The van der Waals surface area contributed by atoms with Gasteiger partial charge in [0.2, 0.25) is 0 Å². The minimum Gasteiger partial charge on any atom is -0.404 e. The number of nitriles is 1. The Bertz CT molecular complexity index is 1190. The van der Waals surface area contributed by atoms with E-state index in [1.807, 2.05) is 35.0 Å². The highest BCUT2D eigenvalue weighted by atomic mass is 19.3. The molecule has 1 aliphatic rings. The van der Waals surface area contributed by atoms with Crippen molar-refractivity contribution >= 4 is 17.4 Å². The predicted octanol–water partition coefficient (Wildman–Crippen LogP) is 3.68. The molecule has 1 atom stereocenters. The van der Waals surface area contributed by atoms with E-state index in [9.17, 15) is 14.0 Å². The van der Waals surface area contributed by atoms with E-state index in [-0.39, 0.29) is 18.7 Å². The van der Waals surface area contributed by atoms with E-state index in [0.29, 0.717) is 16.8 Å². The molecule has 0 aliphatic heterocycles.